The van der Waals surface area contributed by atoms with Crippen molar-refractivity contribution in [1.29, 1.82) is 0 Å². The largest absolute Gasteiger partial charge is 0.481 e. The summed E-state index contributed by atoms with van der Waals surface area (Å²) < 4.78 is 13.1. The Morgan fingerprint density at radius 3 is 2.40 bits per heavy atom. The summed E-state index contributed by atoms with van der Waals surface area (Å²) in [6.07, 6.45) is 0.937. The van der Waals surface area contributed by atoms with Gasteiger partial charge in [-0.3, -0.25) is 14.5 Å². The molecule has 0 bridgehead atoms. The molecule has 3 N–H and O–H groups in total. The number of hydrogen-bond donors (Lipinski definition) is 3. The van der Waals surface area contributed by atoms with Crippen LogP contribution in [-0.2, 0) is 25.7 Å². The van der Waals surface area contributed by atoms with Gasteiger partial charge < -0.3 is 25.0 Å². The average molecular weight is 611 g/mol. The molecule has 8 heteroatoms. The molecular formula is C37H42N2O6. The summed E-state index contributed by atoms with van der Waals surface area (Å²) in [6.45, 7) is 2.88. The van der Waals surface area contributed by atoms with Gasteiger partial charge in [0.15, 0.2) is 6.29 Å². The van der Waals surface area contributed by atoms with Gasteiger partial charge in [0.2, 0.25) is 5.91 Å². The molecule has 1 aliphatic heterocycles. The zero-order valence-electron chi connectivity index (χ0n) is 25.9. The summed E-state index contributed by atoms with van der Waals surface area (Å²) in [5.74, 6) is -1.02. The standard InChI is InChI=1S/C37H42N2O6/c1-25(29-19-18-27-8-3-4-9-30(27)20-29)39(2)23-33-22-34(28-16-14-26(24-40)15-17-28)45-37(44-33)31-10-7-11-32(21-31)38-35(41)12-5-6-13-36(42)43/h3-4,7-11,14-21,25,33-34,37,40H,5-6,12-13,22-24H2,1-2H3,(H,38,41)(H,42,43). The zero-order valence-corrected chi connectivity index (χ0v) is 25.9. The van der Waals surface area contributed by atoms with E-state index < -0.39 is 12.3 Å². The number of ether oxygens (including phenoxy) is 2. The number of fused-ring (bicyclic) bond motifs is 1. The number of carboxylic acid groups (broad SMARTS) is 1. The fraction of sp³-hybridized carbons (Fsp3) is 0.351. The maximum absolute atomic E-state index is 12.5. The lowest BCUT2D eigenvalue weighted by atomic mass is 9.98. The molecule has 0 saturated carbocycles. The average Bonchev–Trinajstić information content (AvgIpc) is 3.06. The second kappa shape index (κ2) is 15.3. The highest BCUT2D eigenvalue weighted by Gasteiger charge is 2.33. The molecule has 1 aliphatic rings. The van der Waals surface area contributed by atoms with Crippen molar-refractivity contribution >= 4 is 28.3 Å². The quantitative estimate of drug-likeness (QED) is 0.138. The number of carbonyl (C=O) groups excluding carboxylic acids is 1. The first-order valence-corrected chi connectivity index (χ1v) is 15.6. The molecule has 4 aromatic rings. The minimum atomic E-state index is -0.856. The third-order valence-electron chi connectivity index (χ3n) is 8.51. The Morgan fingerprint density at radius 2 is 1.64 bits per heavy atom. The van der Waals surface area contributed by atoms with Gasteiger partial charge in [-0.1, -0.05) is 72.8 Å². The first-order valence-electron chi connectivity index (χ1n) is 15.6. The van der Waals surface area contributed by atoms with E-state index in [1.165, 1.54) is 16.3 Å². The van der Waals surface area contributed by atoms with Crippen molar-refractivity contribution in [1.82, 2.24) is 4.90 Å². The molecule has 4 aromatic carbocycles. The van der Waals surface area contributed by atoms with Crippen molar-refractivity contribution in [2.75, 3.05) is 18.9 Å². The third kappa shape index (κ3) is 8.77. The molecule has 0 radical (unpaired) electrons. The predicted molar refractivity (Wildman–Crippen MR) is 175 cm³/mol. The molecule has 1 amide bonds. The molecule has 0 aliphatic carbocycles. The van der Waals surface area contributed by atoms with E-state index in [0.717, 1.165) is 16.7 Å². The van der Waals surface area contributed by atoms with Crippen LogP contribution in [-0.4, -0.2) is 46.7 Å². The van der Waals surface area contributed by atoms with Crippen molar-refractivity contribution in [3.63, 3.8) is 0 Å². The second-order valence-electron chi connectivity index (χ2n) is 11.8. The minimum absolute atomic E-state index is 0.0182. The molecule has 45 heavy (non-hydrogen) atoms. The summed E-state index contributed by atoms with van der Waals surface area (Å²) in [5.41, 5.74) is 4.53. The number of carbonyl (C=O) groups is 2. The van der Waals surface area contributed by atoms with Crippen LogP contribution in [0.4, 0.5) is 5.69 Å². The van der Waals surface area contributed by atoms with E-state index in [2.05, 4.69) is 66.7 Å². The molecule has 1 saturated heterocycles. The van der Waals surface area contributed by atoms with Crippen LogP contribution >= 0.6 is 0 Å². The maximum atomic E-state index is 12.5. The van der Waals surface area contributed by atoms with Crippen molar-refractivity contribution in [3.8, 4) is 0 Å². The van der Waals surface area contributed by atoms with Crippen LogP contribution in [0.5, 0.6) is 0 Å². The molecule has 5 rings (SSSR count). The first kappa shape index (κ1) is 32.3. The third-order valence-corrected chi connectivity index (χ3v) is 8.51. The summed E-state index contributed by atoms with van der Waals surface area (Å²) >= 11 is 0. The van der Waals surface area contributed by atoms with Gasteiger partial charge >= 0.3 is 5.97 Å². The van der Waals surface area contributed by atoms with Gasteiger partial charge in [-0.05, 0) is 72.5 Å². The Morgan fingerprint density at radius 1 is 0.889 bits per heavy atom. The van der Waals surface area contributed by atoms with Gasteiger partial charge in [0.1, 0.15) is 0 Å². The van der Waals surface area contributed by atoms with Gasteiger partial charge in [-0.2, -0.15) is 0 Å². The van der Waals surface area contributed by atoms with Crippen LogP contribution in [0, 0.1) is 0 Å². The number of nitrogens with one attached hydrogen (secondary N) is 1. The monoisotopic (exact) mass is 610 g/mol. The molecule has 0 spiro atoms. The smallest absolute Gasteiger partial charge is 0.303 e. The summed E-state index contributed by atoms with van der Waals surface area (Å²) in [4.78, 5) is 25.6. The molecule has 1 heterocycles. The molecule has 8 nitrogen and oxygen atoms in total. The molecule has 236 valence electrons. The minimum Gasteiger partial charge on any atom is -0.481 e. The number of benzene rings is 4. The van der Waals surface area contributed by atoms with E-state index in [4.69, 9.17) is 14.6 Å². The molecule has 4 atom stereocenters. The Bertz CT molecular complexity index is 1590. The Kier molecular flexibility index (Phi) is 11.0. The SMILES string of the molecule is CC(c1ccc2ccccc2c1)N(C)CC1CC(c2ccc(CO)cc2)OC(c2cccc(NC(=O)CCCCC(=O)O)c2)O1. The lowest BCUT2D eigenvalue weighted by Crippen LogP contribution is -2.38. The van der Waals surface area contributed by atoms with Gasteiger partial charge in [0.05, 0.1) is 18.8 Å². The maximum Gasteiger partial charge on any atom is 0.303 e. The van der Waals surface area contributed by atoms with Crippen LogP contribution in [0.15, 0.2) is 91.0 Å². The fourth-order valence-corrected chi connectivity index (χ4v) is 5.78. The van der Waals surface area contributed by atoms with Gasteiger partial charge in [0, 0.05) is 43.1 Å². The number of rotatable bonds is 13. The van der Waals surface area contributed by atoms with Crippen molar-refractivity contribution < 1.29 is 29.3 Å². The highest BCUT2D eigenvalue weighted by atomic mass is 16.7. The van der Waals surface area contributed by atoms with E-state index in [-0.39, 0.29) is 43.6 Å². The number of carboxylic acids is 1. The number of aliphatic hydroxyl groups excluding tert-OH is 1. The van der Waals surface area contributed by atoms with E-state index in [1.54, 1.807) is 0 Å². The van der Waals surface area contributed by atoms with Crippen LogP contribution in [0.1, 0.15) is 79.7 Å². The predicted octanol–water partition coefficient (Wildman–Crippen LogP) is 7.15. The number of aliphatic hydroxyl groups is 1. The number of unbranched alkanes of at least 4 members (excludes halogenated alkanes) is 1. The van der Waals surface area contributed by atoms with Gasteiger partial charge in [-0.25, -0.2) is 0 Å². The highest BCUT2D eigenvalue weighted by molar-refractivity contribution is 5.90. The van der Waals surface area contributed by atoms with Crippen LogP contribution in [0.2, 0.25) is 0 Å². The summed E-state index contributed by atoms with van der Waals surface area (Å²) in [5, 5.41) is 23.7. The molecule has 4 unspecified atom stereocenters. The lowest BCUT2D eigenvalue weighted by Gasteiger charge is -2.39. The van der Waals surface area contributed by atoms with Gasteiger partial charge in [0.25, 0.3) is 0 Å². The number of aliphatic carboxylic acids is 1. The Hall–Kier alpha value is -4.08. The number of anilines is 1. The van der Waals surface area contributed by atoms with Crippen molar-refractivity contribution in [2.45, 2.75) is 70.2 Å². The number of nitrogens with zero attached hydrogens (tertiary/aromatic N) is 1. The number of amides is 1. The summed E-state index contributed by atoms with van der Waals surface area (Å²) in [6, 6.07) is 30.5. The topological polar surface area (TPSA) is 108 Å². The van der Waals surface area contributed by atoms with Crippen molar-refractivity contribution in [2.24, 2.45) is 0 Å². The molecule has 0 aromatic heterocycles. The normalized spacial score (nSPS) is 19.0. The molecular weight excluding hydrogens is 568 g/mol. The van der Waals surface area contributed by atoms with Crippen molar-refractivity contribution in [3.05, 3.63) is 113 Å². The molecule has 1 fully saturated rings. The van der Waals surface area contributed by atoms with Crippen LogP contribution in [0.3, 0.4) is 0 Å². The van der Waals surface area contributed by atoms with E-state index in [0.29, 0.717) is 31.5 Å². The van der Waals surface area contributed by atoms with Gasteiger partial charge in [-0.15, -0.1) is 0 Å². The highest BCUT2D eigenvalue weighted by Crippen LogP contribution is 2.39. The fourth-order valence-electron chi connectivity index (χ4n) is 5.78. The second-order valence-corrected chi connectivity index (χ2v) is 11.8. The number of hydrogen-bond acceptors (Lipinski definition) is 6. The number of likely N-dealkylation sites (N-methyl/N-ethyl adjacent to an activating group) is 1. The Labute approximate surface area is 264 Å². The van der Waals surface area contributed by atoms with Crippen LogP contribution < -0.4 is 5.32 Å². The van der Waals surface area contributed by atoms with E-state index >= 15 is 0 Å². The summed E-state index contributed by atoms with van der Waals surface area (Å²) in [7, 11) is 2.12. The first-order chi connectivity index (χ1) is 21.8. The Balaban J connectivity index is 1.31. The lowest BCUT2D eigenvalue weighted by molar-refractivity contribution is -0.253. The van der Waals surface area contributed by atoms with E-state index in [1.807, 2.05) is 48.5 Å². The zero-order chi connectivity index (χ0) is 31.8. The van der Waals surface area contributed by atoms with Crippen LogP contribution in [0.25, 0.3) is 10.8 Å². The van der Waals surface area contributed by atoms with E-state index in [9.17, 15) is 14.7 Å².